The molecular weight excluding hydrogens is 513 g/mol. The number of nitrogens with one attached hydrogen (secondary N) is 3. The predicted molar refractivity (Wildman–Crippen MR) is 144 cm³/mol. The van der Waals surface area contributed by atoms with Crippen LogP contribution in [0.3, 0.4) is 0 Å². The minimum atomic E-state index is -0.0619. The number of amides is 1. The molecule has 2 aromatic rings. The Bertz CT molecular complexity index is 876. The fraction of sp³-hybridized carbons (Fsp3) is 0.440. The molecule has 3 N–H and O–H groups in total. The summed E-state index contributed by atoms with van der Waals surface area (Å²) in [6.07, 6.45) is 3.37. The minimum absolute atomic E-state index is 0. The molecule has 1 amide bonds. The van der Waals surface area contributed by atoms with E-state index in [2.05, 4.69) is 57.0 Å². The summed E-state index contributed by atoms with van der Waals surface area (Å²) in [6.45, 7) is 6.12. The summed E-state index contributed by atoms with van der Waals surface area (Å²) < 4.78 is 0. The highest BCUT2D eigenvalue weighted by atomic mass is 127. The molecule has 1 heterocycles. The summed E-state index contributed by atoms with van der Waals surface area (Å²) in [5.41, 5.74) is 4.35. The van der Waals surface area contributed by atoms with Crippen molar-refractivity contribution in [1.29, 1.82) is 0 Å². The first-order valence-electron chi connectivity index (χ1n) is 11.2. The molecule has 0 radical (unpaired) electrons. The van der Waals surface area contributed by atoms with Gasteiger partial charge in [-0.1, -0.05) is 31.2 Å². The molecule has 2 aromatic carbocycles. The van der Waals surface area contributed by atoms with E-state index in [1.165, 1.54) is 24.1 Å². The van der Waals surface area contributed by atoms with Crippen molar-refractivity contribution in [3.8, 4) is 0 Å². The van der Waals surface area contributed by atoms with Gasteiger partial charge >= 0.3 is 0 Å². The van der Waals surface area contributed by atoms with Gasteiger partial charge in [-0.25, -0.2) is 0 Å². The zero-order chi connectivity index (χ0) is 22.1. The first-order chi connectivity index (χ1) is 15.1. The molecular formula is C25H36IN5O. The third-order valence-electron chi connectivity index (χ3n) is 5.89. The summed E-state index contributed by atoms with van der Waals surface area (Å²) in [5.74, 6) is 1.56. The van der Waals surface area contributed by atoms with Gasteiger partial charge in [0.1, 0.15) is 0 Å². The molecule has 1 saturated heterocycles. The molecule has 0 unspecified atom stereocenters. The summed E-state index contributed by atoms with van der Waals surface area (Å²) in [5, 5.41) is 9.39. The second kappa shape index (κ2) is 13.3. The van der Waals surface area contributed by atoms with Gasteiger partial charge in [0.15, 0.2) is 5.96 Å². The zero-order valence-corrected chi connectivity index (χ0v) is 21.7. The number of carbonyl (C=O) groups is 1. The van der Waals surface area contributed by atoms with Crippen molar-refractivity contribution < 1.29 is 4.79 Å². The number of hydrogen-bond acceptors (Lipinski definition) is 3. The Morgan fingerprint density at radius 3 is 2.44 bits per heavy atom. The maximum Gasteiger partial charge on any atom is 0.251 e. The van der Waals surface area contributed by atoms with E-state index in [4.69, 9.17) is 0 Å². The van der Waals surface area contributed by atoms with E-state index in [-0.39, 0.29) is 29.9 Å². The van der Waals surface area contributed by atoms with Crippen LogP contribution in [0.5, 0.6) is 0 Å². The number of hydrogen-bond donors (Lipinski definition) is 3. The van der Waals surface area contributed by atoms with Gasteiger partial charge in [0, 0.05) is 51.5 Å². The van der Waals surface area contributed by atoms with E-state index >= 15 is 0 Å². The average Bonchev–Trinajstić information content (AvgIpc) is 2.82. The van der Waals surface area contributed by atoms with Crippen LogP contribution < -0.4 is 20.9 Å². The maximum absolute atomic E-state index is 11.8. The van der Waals surface area contributed by atoms with Gasteiger partial charge in [-0.2, -0.15) is 0 Å². The first kappa shape index (κ1) is 26.0. The second-order valence-electron chi connectivity index (χ2n) is 8.22. The number of halogens is 1. The predicted octanol–water partition coefficient (Wildman–Crippen LogP) is 3.81. The van der Waals surface area contributed by atoms with Crippen molar-refractivity contribution in [2.24, 2.45) is 10.9 Å². The molecule has 3 rings (SSSR count). The zero-order valence-electron chi connectivity index (χ0n) is 19.4. The highest BCUT2D eigenvalue weighted by molar-refractivity contribution is 14.0. The Morgan fingerprint density at radius 1 is 1.06 bits per heavy atom. The Balaban J connectivity index is 0.00000363. The standard InChI is InChI=1S/C25H35N5O.HI/c1-19-12-15-30(16-13-19)23-9-7-21(8-10-23)18-29-25(27-3)28-14-11-20-5-4-6-22(17-20)24(31)26-2;/h4-10,17,19H,11-16,18H2,1-3H3,(H,26,31)(H2,27,28,29);1H. The van der Waals surface area contributed by atoms with Gasteiger partial charge in [-0.3, -0.25) is 9.79 Å². The van der Waals surface area contributed by atoms with Gasteiger partial charge in [0.25, 0.3) is 5.91 Å². The van der Waals surface area contributed by atoms with E-state index in [1.807, 2.05) is 24.3 Å². The van der Waals surface area contributed by atoms with Gasteiger partial charge < -0.3 is 20.9 Å². The molecule has 1 aliphatic heterocycles. The third kappa shape index (κ3) is 7.69. The molecule has 6 nitrogen and oxygen atoms in total. The summed E-state index contributed by atoms with van der Waals surface area (Å²) in [7, 11) is 3.43. The minimum Gasteiger partial charge on any atom is -0.372 e. The number of aliphatic imine (C=N–C) groups is 1. The van der Waals surface area contributed by atoms with Crippen molar-refractivity contribution in [2.75, 3.05) is 38.6 Å². The van der Waals surface area contributed by atoms with Crippen molar-refractivity contribution in [3.63, 3.8) is 0 Å². The number of benzene rings is 2. The lowest BCUT2D eigenvalue weighted by Crippen LogP contribution is -2.37. The molecule has 0 aromatic heterocycles. The number of guanidine groups is 1. The molecule has 1 aliphatic rings. The molecule has 174 valence electrons. The maximum atomic E-state index is 11.8. The monoisotopic (exact) mass is 549 g/mol. The lowest BCUT2D eigenvalue weighted by atomic mass is 9.99. The van der Waals surface area contributed by atoms with E-state index in [0.717, 1.165) is 50.0 Å². The van der Waals surface area contributed by atoms with Gasteiger partial charge in [0.05, 0.1) is 0 Å². The van der Waals surface area contributed by atoms with Gasteiger partial charge in [-0.05, 0) is 60.6 Å². The molecule has 0 bridgehead atoms. The second-order valence-corrected chi connectivity index (χ2v) is 8.22. The highest BCUT2D eigenvalue weighted by Gasteiger charge is 2.15. The Morgan fingerprint density at radius 2 is 1.78 bits per heavy atom. The largest absolute Gasteiger partial charge is 0.372 e. The van der Waals surface area contributed by atoms with Crippen LogP contribution in [0.25, 0.3) is 0 Å². The number of piperidine rings is 1. The van der Waals surface area contributed by atoms with Crippen molar-refractivity contribution in [1.82, 2.24) is 16.0 Å². The van der Waals surface area contributed by atoms with Crippen LogP contribution in [0, 0.1) is 5.92 Å². The Kier molecular flexibility index (Phi) is 10.8. The van der Waals surface area contributed by atoms with Gasteiger partial charge in [0.2, 0.25) is 0 Å². The molecule has 0 spiro atoms. The van der Waals surface area contributed by atoms with Crippen molar-refractivity contribution in [3.05, 3.63) is 65.2 Å². The van der Waals surface area contributed by atoms with E-state index in [1.54, 1.807) is 14.1 Å². The lowest BCUT2D eigenvalue weighted by molar-refractivity contribution is 0.0963. The van der Waals surface area contributed by atoms with E-state index < -0.39 is 0 Å². The summed E-state index contributed by atoms with van der Waals surface area (Å²) in [4.78, 5) is 18.6. The molecule has 0 aliphatic carbocycles. The lowest BCUT2D eigenvalue weighted by Gasteiger charge is -2.32. The van der Waals surface area contributed by atoms with Crippen LogP contribution in [0.4, 0.5) is 5.69 Å². The fourth-order valence-electron chi connectivity index (χ4n) is 3.84. The summed E-state index contributed by atoms with van der Waals surface area (Å²) in [6, 6.07) is 16.5. The average molecular weight is 550 g/mol. The summed E-state index contributed by atoms with van der Waals surface area (Å²) >= 11 is 0. The smallest absolute Gasteiger partial charge is 0.251 e. The fourth-order valence-corrected chi connectivity index (χ4v) is 3.84. The molecule has 1 fully saturated rings. The number of nitrogens with zero attached hydrogens (tertiary/aromatic N) is 2. The quantitative estimate of drug-likeness (QED) is 0.279. The van der Waals surface area contributed by atoms with Crippen LogP contribution in [-0.2, 0) is 13.0 Å². The topological polar surface area (TPSA) is 68.8 Å². The van der Waals surface area contributed by atoms with Crippen molar-refractivity contribution >= 4 is 41.5 Å². The Labute approximate surface area is 209 Å². The number of rotatable bonds is 7. The molecule has 7 heteroatoms. The SMILES string of the molecule is CN=C(NCCc1cccc(C(=O)NC)c1)NCc1ccc(N2CCC(C)CC2)cc1.I. The normalized spacial score (nSPS) is 14.5. The van der Waals surface area contributed by atoms with Crippen molar-refractivity contribution in [2.45, 2.75) is 32.7 Å². The Hall–Kier alpha value is -2.29. The van der Waals surface area contributed by atoms with Gasteiger partial charge in [-0.15, -0.1) is 24.0 Å². The van der Waals surface area contributed by atoms with E-state index in [9.17, 15) is 4.79 Å². The first-order valence-corrected chi connectivity index (χ1v) is 11.2. The van der Waals surface area contributed by atoms with Crippen LogP contribution in [0.2, 0.25) is 0 Å². The third-order valence-corrected chi connectivity index (χ3v) is 5.89. The van der Waals surface area contributed by atoms with Crippen LogP contribution in [0.1, 0.15) is 41.3 Å². The highest BCUT2D eigenvalue weighted by Crippen LogP contribution is 2.23. The van der Waals surface area contributed by atoms with Crippen LogP contribution in [-0.4, -0.2) is 45.6 Å². The van der Waals surface area contributed by atoms with E-state index in [0.29, 0.717) is 5.56 Å². The molecule has 0 saturated carbocycles. The van der Waals surface area contributed by atoms with Crippen LogP contribution >= 0.6 is 24.0 Å². The number of carbonyl (C=O) groups excluding carboxylic acids is 1. The number of anilines is 1. The molecule has 32 heavy (non-hydrogen) atoms. The van der Waals surface area contributed by atoms with Crippen LogP contribution in [0.15, 0.2) is 53.5 Å². The molecule has 0 atom stereocenters.